The molecule has 1 aromatic heterocycles. The summed E-state index contributed by atoms with van der Waals surface area (Å²) in [4.78, 5) is 27.9. The van der Waals surface area contributed by atoms with Crippen molar-refractivity contribution in [3.8, 4) is 0 Å². The van der Waals surface area contributed by atoms with E-state index in [1.54, 1.807) is 12.1 Å². The summed E-state index contributed by atoms with van der Waals surface area (Å²) in [5, 5.41) is 0. The maximum absolute atomic E-state index is 12.3. The number of methoxy groups -OCH3 is 2. The SMILES string of the molecule is COC(=O)C[C@]1(c2ccncc2)O[C@H](OC)C=CC1=O. The zero-order valence-electron chi connectivity index (χ0n) is 11.2. The molecule has 0 amide bonds. The van der Waals surface area contributed by atoms with E-state index in [1.165, 1.54) is 38.8 Å². The lowest BCUT2D eigenvalue weighted by Crippen LogP contribution is -2.45. The first-order valence-electron chi connectivity index (χ1n) is 6.03. The quantitative estimate of drug-likeness (QED) is 0.763. The van der Waals surface area contributed by atoms with Gasteiger partial charge in [0.15, 0.2) is 17.7 Å². The minimum Gasteiger partial charge on any atom is -0.469 e. The molecule has 0 aromatic carbocycles. The highest BCUT2D eigenvalue weighted by molar-refractivity contribution is 6.00. The van der Waals surface area contributed by atoms with Gasteiger partial charge in [-0.3, -0.25) is 14.6 Å². The normalized spacial score (nSPS) is 25.5. The van der Waals surface area contributed by atoms with Crippen molar-refractivity contribution >= 4 is 11.8 Å². The van der Waals surface area contributed by atoms with Crippen LogP contribution in [-0.4, -0.2) is 37.2 Å². The van der Waals surface area contributed by atoms with E-state index in [1.807, 2.05) is 0 Å². The number of aromatic nitrogens is 1. The molecule has 0 aliphatic carbocycles. The van der Waals surface area contributed by atoms with Crippen LogP contribution in [0.2, 0.25) is 0 Å². The van der Waals surface area contributed by atoms with Gasteiger partial charge in [0.2, 0.25) is 0 Å². The van der Waals surface area contributed by atoms with Crippen molar-refractivity contribution in [2.75, 3.05) is 14.2 Å². The maximum atomic E-state index is 12.3. The number of esters is 1. The summed E-state index contributed by atoms with van der Waals surface area (Å²) < 4.78 is 15.5. The van der Waals surface area contributed by atoms with Gasteiger partial charge < -0.3 is 14.2 Å². The molecule has 2 atom stereocenters. The first-order valence-corrected chi connectivity index (χ1v) is 6.03. The summed E-state index contributed by atoms with van der Waals surface area (Å²) in [6, 6.07) is 3.26. The van der Waals surface area contributed by atoms with E-state index in [9.17, 15) is 9.59 Å². The van der Waals surface area contributed by atoms with Gasteiger partial charge in [0.1, 0.15) is 0 Å². The average Bonchev–Trinajstić information content (AvgIpc) is 2.50. The number of nitrogens with zero attached hydrogens (tertiary/aromatic N) is 1. The molecule has 1 aromatic rings. The number of hydrogen-bond donors (Lipinski definition) is 0. The van der Waals surface area contributed by atoms with Crippen LogP contribution in [-0.2, 0) is 29.4 Å². The summed E-state index contributed by atoms with van der Waals surface area (Å²) in [5.41, 5.74) is -0.903. The smallest absolute Gasteiger partial charge is 0.309 e. The number of carbonyl (C=O) groups excluding carboxylic acids is 2. The molecule has 0 bridgehead atoms. The summed E-state index contributed by atoms with van der Waals surface area (Å²) in [6.07, 6.45) is 5.00. The van der Waals surface area contributed by atoms with Crippen molar-refractivity contribution in [2.24, 2.45) is 0 Å². The summed E-state index contributed by atoms with van der Waals surface area (Å²) in [5.74, 6) is -0.872. The topological polar surface area (TPSA) is 74.7 Å². The van der Waals surface area contributed by atoms with Crippen molar-refractivity contribution in [3.63, 3.8) is 0 Å². The second-order valence-corrected chi connectivity index (χ2v) is 4.26. The fourth-order valence-corrected chi connectivity index (χ4v) is 2.06. The van der Waals surface area contributed by atoms with Crippen LogP contribution in [0.5, 0.6) is 0 Å². The lowest BCUT2D eigenvalue weighted by molar-refractivity contribution is -0.197. The fraction of sp³-hybridized carbons (Fsp3) is 0.357. The fourth-order valence-electron chi connectivity index (χ4n) is 2.06. The number of pyridine rings is 1. The van der Waals surface area contributed by atoms with Gasteiger partial charge in [-0.05, 0) is 29.8 Å². The monoisotopic (exact) mass is 277 g/mol. The number of ketones is 1. The number of rotatable bonds is 4. The second-order valence-electron chi connectivity index (χ2n) is 4.26. The van der Waals surface area contributed by atoms with Gasteiger partial charge in [0.05, 0.1) is 13.5 Å². The Labute approximate surface area is 116 Å². The van der Waals surface area contributed by atoms with Gasteiger partial charge in [0.25, 0.3) is 0 Å². The molecule has 0 saturated carbocycles. The molecular weight excluding hydrogens is 262 g/mol. The number of ether oxygens (including phenoxy) is 3. The molecule has 2 heterocycles. The Morgan fingerprint density at radius 3 is 2.70 bits per heavy atom. The van der Waals surface area contributed by atoms with Gasteiger partial charge in [-0.2, -0.15) is 0 Å². The van der Waals surface area contributed by atoms with E-state index in [0.717, 1.165) is 0 Å². The lowest BCUT2D eigenvalue weighted by atomic mass is 9.85. The van der Waals surface area contributed by atoms with Gasteiger partial charge >= 0.3 is 5.97 Å². The Morgan fingerprint density at radius 2 is 2.10 bits per heavy atom. The molecule has 20 heavy (non-hydrogen) atoms. The molecule has 0 N–H and O–H groups in total. The highest BCUT2D eigenvalue weighted by Gasteiger charge is 2.46. The van der Waals surface area contributed by atoms with Gasteiger partial charge in [-0.25, -0.2) is 0 Å². The van der Waals surface area contributed by atoms with Gasteiger partial charge in [-0.1, -0.05) is 0 Å². The standard InChI is InChI=1S/C14H15NO5/c1-18-12(17)9-14(10-5-7-15-8-6-10)11(16)3-4-13(19-2)20-14/h3-8,13H,9H2,1-2H3/t13-,14+/m0/s1. The van der Waals surface area contributed by atoms with E-state index < -0.39 is 17.9 Å². The minimum absolute atomic E-state index is 0.226. The summed E-state index contributed by atoms with van der Waals surface area (Å²) >= 11 is 0. The van der Waals surface area contributed by atoms with Crippen LogP contribution < -0.4 is 0 Å². The van der Waals surface area contributed by atoms with E-state index in [2.05, 4.69) is 9.72 Å². The molecule has 0 fully saturated rings. The van der Waals surface area contributed by atoms with E-state index in [-0.39, 0.29) is 12.2 Å². The molecule has 6 nitrogen and oxygen atoms in total. The zero-order chi connectivity index (χ0) is 14.6. The third-order valence-electron chi connectivity index (χ3n) is 3.12. The third kappa shape index (κ3) is 2.61. The van der Waals surface area contributed by atoms with Crippen LogP contribution >= 0.6 is 0 Å². The van der Waals surface area contributed by atoms with E-state index in [4.69, 9.17) is 9.47 Å². The highest BCUT2D eigenvalue weighted by Crippen LogP contribution is 2.35. The van der Waals surface area contributed by atoms with Crippen molar-refractivity contribution in [3.05, 3.63) is 42.2 Å². The highest BCUT2D eigenvalue weighted by atomic mass is 16.7. The molecule has 0 radical (unpaired) electrons. The predicted octanol–water partition coefficient (Wildman–Crippen LogP) is 0.968. The number of carbonyl (C=O) groups is 2. The van der Waals surface area contributed by atoms with Crippen LogP contribution in [0.15, 0.2) is 36.7 Å². The van der Waals surface area contributed by atoms with Crippen molar-refractivity contribution in [1.82, 2.24) is 4.98 Å². The average molecular weight is 277 g/mol. The maximum Gasteiger partial charge on any atom is 0.309 e. The Bertz CT molecular complexity index is 528. The van der Waals surface area contributed by atoms with Crippen LogP contribution in [0.25, 0.3) is 0 Å². The zero-order valence-corrected chi connectivity index (χ0v) is 11.2. The predicted molar refractivity (Wildman–Crippen MR) is 68.6 cm³/mol. The molecule has 1 aliphatic heterocycles. The minimum atomic E-state index is -1.44. The van der Waals surface area contributed by atoms with Crippen LogP contribution in [0.3, 0.4) is 0 Å². The van der Waals surface area contributed by atoms with E-state index >= 15 is 0 Å². The van der Waals surface area contributed by atoms with E-state index in [0.29, 0.717) is 5.56 Å². The molecule has 2 rings (SSSR count). The van der Waals surface area contributed by atoms with Crippen molar-refractivity contribution in [2.45, 2.75) is 18.3 Å². The Balaban J connectivity index is 2.46. The van der Waals surface area contributed by atoms with Crippen LogP contribution in [0.1, 0.15) is 12.0 Å². The largest absolute Gasteiger partial charge is 0.469 e. The summed E-state index contributed by atoms with van der Waals surface area (Å²) in [6.45, 7) is 0. The van der Waals surface area contributed by atoms with Crippen LogP contribution in [0, 0.1) is 0 Å². The van der Waals surface area contributed by atoms with Crippen LogP contribution in [0.4, 0.5) is 0 Å². The first-order chi connectivity index (χ1) is 9.62. The molecule has 0 saturated heterocycles. The van der Waals surface area contributed by atoms with Crippen molar-refractivity contribution in [1.29, 1.82) is 0 Å². The molecule has 106 valence electrons. The van der Waals surface area contributed by atoms with Gasteiger partial charge in [0, 0.05) is 19.5 Å². The molecule has 0 unspecified atom stereocenters. The third-order valence-corrected chi connectivity index (χ3v) is 3.12. The van der Waals surface area contributed by atoms with Crippen molar-refractivity contribution < 1.29 is 23.8 Å². The molecule has 0 spiro atoms. The number of hydrogen-bond acceptors (Lipinski definition) is 6. The molecular formula is C14H15NO5. The Kier molecular flexibility index (Phi) is 4.26. The summed E-state index contributed by atoms with van der Waals surface area (Å²) in [7, 11) is 2.72. The first kappa shape index (κ1) is 14.4. The lowest BCUT2D eigenvalue weighted by Gasteiger charge is -2.35. The molecule has 1 aliphatic rings. The Hall–Kier alpha value is -2.05. The Morgan fingerprint density at radius 1 is 1.40 bits per heavy atom. The molecule has 6 heteroatoms. The van der Waals surface area contributed by atoms with Gasteiger partial charge in [-0.15, -0.1) is 0 Å². The second kappa shape index (κ2) is 5.94.